The number of phenolic OH excluding ortho intramolecular Hbond substituents is 1. The minimum absolute atomic E-state index is 0.0423. The molecule has 0 radical (unpaired) electrons. The van der Waals surface area contributed by atoms with E-state index in [0.717, 1.165) is 0 Å². The number of aliphatic hydroxyl groups excluding tert-OH is 1. The van der Waals surface area contributed by atoms with Gasteiger partial charge in [-0.15, -0.1) is 0 Å². The highest BCUT2D eigenvalue weighted by molar-refractivity contribution is 6.16. The van der Waals surface area contributed by atoms with Crippen LogP contribution >= 0.6 is 0 Å². The van der Waals surface area contributed by atoms with Gasteiger partial charge in [0.15, 0.2) is 17.3 Å². The molecule has 2 N–H and O–H groups in total. The van der Waals surface area contributed by atoms with E-state index in [1.54, 1.807) is 13.0 Å². The number of Topliss-reactive ketones (excluding diaryl/α,β-unsaturated/α-hetero) is 4. The average molecular weight is 398 g/mol. The Morgan fingerprint density at radius 3 is 2.38 bits per heavy atom. The molecule has 0 spiro atoms. The second-order valence-electron chi connectivity index (χ2n) is 8.26. The zero-order valence-corrected chi connectivity index (χ0v) is 17.2. The molecule has 3 rings (SSSR count). The average Bonchev–Trinajstić information content (AvgIpc) is 2.62. The standard InChI is InChI=1S/C23H26O6/c1-5-13-8-14-9-16-15(12(4)25)6-10(2)21(27)20(16)23(29)19(14)22(28)18(13)17(26)7-11(3)24/h6,13-14,18,27-28H,5,7-9H2,1-4H3. The predicted molar refractivity (Wildman–Crippen MR) is 106 cm³/mol. The number of phenols is 1. The number of aromatic hydroxyl groups is 1. The number of hydrogen-bond acceptors (Lipinski definition) is 6. The smallest absolute Gasteiger partial charge is 0.196 e. The Hall–Kier alpha value is -2.76. The molecule has 0 saturated heterocycles. The first-order valence-corrected chi connectivity index (χ1v) is 9.94. The minimum atomic E-state index is -0.889. The van der Waals surface area contributed by atoms with Crippen molar-refractivity contribution in [1.82, 2.24) is 0 Å². The highest BCUT2D eigenvalue weighted by Gasteiger charge is 2.46. The minimum Gasteiger partial charge on any atom is -0.511 e. The SMILES string of the molecule is CCC1CC2Cc3c(C(C)=O)cc(C)c(O)c3C(=O)C2=C(O)C1C(=O)CC(C)=O. The van der Waals surface area contributed by atoms with Crippen LogP contribution in [0.3, 0.4) is 0 Å². The van der Waals surface area contributed by atoms with Crippen LogP contribution in [0.4, 0.5) is 0 Å². The molecule has 0 amide bonds. The fraction of sp³-hybridized carbons (Fsp3) is 0.478. The number of benzene rings is 1. The second-order valence-corrected chi connectivity index (χ2v) is 8.26. The van der Waals surface area contributed by atoms with E-state index in [1.807, 2.05) is 6.92 Å². The van der Waals surface area contributed by atoms with Gasteiger partial charge in [-0.05, 0) is 62.6 Å². The van der Waals surface area contributed by atoms with Gasteiger partial charge < -0.3 is 10.2 Å². The number of aryl methyl sites for hydroxylation is 1. The summed E-state index contributed by atoms with van der Waals surface area (Å²) in [6, 6.07) is 1.59. The Kier molecular flexibility index (Phi) is 5.48. The molecule has 0 aromatic heterocycles. The van der Waals surface area contributed by atoms with Crippen molar-refractivity contribution >= 4 is 23.1 Å². The molecule has 154 valence electrons. The van der Waals surface area contributed by atoms with E-state index >= 15 is 0 Å². The summed E-state index contributed by atoms with van der Waals surface area (Å²) in [6.07, 6.45) is 1.17. The van der Waals surface area contributed by atoms with Crippen LogP contribution in [0, 0.1) is 24.7 Å². The third-order valence-corrected chi connectivity index (χ3v) is 6.23. The van der Waals surface area contributed by atoms with E-state index in [-0.39, 0.29) is 58.3 Å². The summed E-state index contributed by atoms with van der Waals surface area (Å²) in [6.45, 7) is 6.26. The third kappa shape index (κ3) is 3.41. The van der Waals surface area contributed by atoms with Crippen molar-refractivity contribution in [2.75, 3.05) is 0 Å². The van der Waals surface area contributed by atoms with Crippen LogP contribution in [0.15, 0.2) is 17.4 Å². The molecule has 0 saturated carbocycles. The van der Waals surface area contributed by atoms with Gasteiger partial charge in [0.25, 0.3) is 0 Å². The van der Waals surface area contributed by atoms with Crippen LogP contribution in [0.2, 0.25) is 0 Å². The monoisotopic (exact) mass is 398 g/mol. The van der Waals surface area contributed by atoms with Gasteiger partial charge in [-0.3, -0.25) is 19.2 Å². The van der Waals surface area contributed by atoms with E-state index in [1.165, 1.54) is 13.8 Å². The Morgan fingerprint density at radius 2 is 1.83 bits per heavy atom. The number of allylic oxidation sites excluding steroid dienone is 2. The van der Waals surface area contributed by atoms with Crippen LogP contribution in [0.25, 0.3) is 0 Å². The number of rotatable bonds is 5. The Balaban J connectivity index is 2.19. The highest BCUT2D eigenvalue weighted by Crippen LogP contribution is 2.47. The quantitative estimate of drug-likeness (QED) is 0.579. The number of carbonyl (C=O) groups is 4. The molecule has 0 fully saturated rings. The largest absolute Gasteiger partial charge is 0.511 e. The number of fused-ring (bicyclic) bond motifs is 2. The van der Waals surface area contributed by atoms with E-state index in [9.17, 15) is 29.4 Å². The first-order chi connectivity index (χ1) is 13.6. The van der Waals surface area contributed by atoms with Crippen LogP contribution in [-0.2, 0) is 16.0 Å². The van der Waals surface area contributed by atoms with Crippen molar-refractivity contribution in [2.45, 2.75) is 53.4 Å². The molecule has 3 unspecified atom stereocenters. The van der Waals surface area contributed by atoms with Crippen LogP contribution in [-0.4, -0.2) is 33.3 Å². The molecule has 0 bridgehead atoms. The summed E-state index contributed by atoms with van der Waals surface area (Å²) in [4.78, 5) is 49.6. The fourth-order valence-corrected chi connectivity index (χ4v) is 4.88. The van der Waals surface area contributed by atoms with Gasteiger partial charge in [-0.2, -0.15) is 0 Å². The zero-order valence-electron chi connectivity index (χ0n) is 17.2. The van der Waals surface area contributed by atoms with Crippen molar-refractivity contribution < 1.29 is 29.4 Å². The molecule has 1 aromatic carbocycles. The van der Waals surface area contributed by atoms with Crippen LogP contribution in [0.5, 0.6) is 5.75 Å². The summed E-state index contributed by atoms with van der Waals surface area (Å²) in [5, 5.41) is 21.5. The zero-order chi connectivity index (χ0) is 21.6. The molecule has 2 aliphatic carbocycles. The first-order valence-electron chi connectivity index (χ1n) is 9.94. The topological polar surface area (TPSA) is 109 Å². The second kappa shape index (κ2) is 7.58. The van der Waals surface area contributed by atoms with Gasteiger partial charge in [0.05, 0.1) is 17.9 Å². The van der Waals surface area contributed by atoms with Gasteiger partial charge in [-0.25, -0.2) is 0 Å². The number of hydrogen-bond donors (Lipinski definition) is 2. The maximum absolute atomic E-state index is 13.3. The van der Waals surface area contributed by atoms with Gasteiger partial charge in [0, 0.05) is 11.1 Å². The summed E-state index contributed by atoms with van der Waals surface area (Å²) in [7, 11) is 0. The van der Waals surface area contributed by atoms with Crippen molar-refractivity contribution in [3.8, 4) is 5.75 Å². The van der Waals surface area contributed by atoms with E-state index < -0.39 is 11.7 Å². The maximum Gasteiger partial charge on any atom is 0.196 e. The van der Waals surface area contributed by atoms with Gasteiger partial charge in [0.1, 0.15) is 17.3 Å². The van der Waals surface area contributed by atoms with Crippen LogP contribution in [0.1, 0.15) is 71.9 Å². The molecular formula is C23H26O6. The van der Waals surface area contributed by atoms with Crippen LogP contribution < -0.4 is 0 Å². The number of carbonyl (C=O) groups excluding carboxylic acids is 4. The van der Waals surface area contributed by atoms with E-state index in [2.05, 4.69) is 0 Å². The Labute approximate surface area is 169 Å². The van der Waals surface area contributed by atoms with Crippen molar-refractivity contribution in [3.63, 3.8) is 0 Å². The molecule has 6 nitrogen and oxygen atoms in total. The first kappa shape index (κ1) is 21.0. The maximum atomic E-state index is 13.3. The Bertz CT molecular complexity index is 968. The number of ketones is 4. The van der Waals surface area contributed by atoms with Gasteiger partial charge in [0.2, 0.25) is 0 Å². The normalized spacial score (nSPS) is 23.4. The summed E-state index contributed by atoms with van der Waals surface area (Å²) in [5.41, 5.74) is 1.51. The lowest BCUT2D eigenvalue weighted by atomic mass is 9.64. The summed E-state index contributed by atoms with van der Waals surface area (Å²) in [5.74, 6) is -3.28. The number of aliphatic hydroxyl groups is 1. The lowest BCUT2D eigenvalue weighted by Crippen LogP contribution is -2.39. The molecule has 1 aromatic rings. The van der Waals surface area contributed by atoms with Crippen molar-refractivity contribution in [1.29, 1.82) is 0 Å². The lowest BCUT2D eigenvalue weighted by Gasteiger charge is -2.39. The van der Waals surface area contributed by atoms with Crippen molar-refractivity contribution in [3.05, 3.63) is 39.7 Å². The van der Waals surface area contributed by atoms with Gasteiger partial charge >= 0.3 is 0 Å². The molecule has 0 heterocycles. The van der Waals surface area contributed by atoms with Gasteiger partial charge in [-0.1, -0.05) is 13.3 Å². The lowest BCUT2D eigenvalue weighted by molar-refractivity contribution is -0.129. The molecule has 0 aliphatic heterocycles. The summed E-state index contributed by atoms with van der Waals surface area (Å²) >= 11 is 0. The molecule has 6 heteroatoms. The van der Waals surface area contributed by atoms with E-state index in [0.29, 0.717) is 36.0 Å². The molecule has 29 heavy (non-hydrogen) atoms. The van der Waals surface area contributed by atoms with Crippen molar-refractivity contribution in [2.24, 2.45) is 17.8 Å². The predicted octanol–water partition coefficient (Wildman–Crippen LogP) is 3.66. The summed E-state index contributed by atoms with van der Waals surface area (Å²) < 4.78 is 0. The van der Waals surface area contributed by atoms with E-state index in [4.69, 9.17) is 0 Å². The molecule has 3 atom stereocenters. The molecular weight excluding hydrogens is 372 g/mol. The molecule has 2 aliphatic rings. The third-order valence-electron chi connectivity index (χ3n) is 6.23. The Morgan fingerprint density at radius 1 is 1.17 bits per heavy atom. The fourth-order valence-electron chi connectivity index (χ4n) is 4.88. The highest BCUT2D eigenvalue weighted by atomic mass is 16.3.